The van der Waals surface area contributed by atoms with E-state index in [9.17, 15) is 4.79 Å². The fourth-order valence-corrected chi connectivity index (χ4v) is 2.80. The van der Waals surface area contributed by atoms with Crippen LogP contribution in [0.4, 0.5) is 5.69 Å². The van der Waals surface area contributed by atoms with Crippen LogP contribution in [0.3, 0.4) is 0 Å². The molecule has 0 bridgehead atoms. The molecule has 2 heterocycles. The average molecular weight is 413 g/mol. The van der Waals surface area contributed by atoms with Gasteiger partial charge < -0.3 is 18.9 Å². The Balaban J connectivity index is 1.60. The fourth-order valence-electron chi connectivity index (χ4n) is 2.49. The fraction of sp³-hybridized carbons (Fsp3) is 0.0526. The van der Waals surface area contributed by atoms with Crippen molar-refractivity contribution in [1.29, 1.82) is 0 Å². The minimum atomic E-state index is -0.343. The van der Waals surface area contributed by atoms with Gasteiger partial charge in [0.2, 0.25) is 5.89 Å². The molecule has 0 saturated carbocycles. The van der Waals surface area contributed by atoms with Crippen molar-refractivity contribution in [2.75, 3.05) is 12.4 Å². The summed E-state index contributed by atoms with van der Waals surface area (Å²) in [6, 6.07) is 16.0. The van der Waals surface area contributed by atoms with Crippen LogP contribution < -0.4 is 10.1 Å². The Labute approximate surface area is 156 Å². The highest BCUT2D eigenvalue weighted by Gasteiger charge is 2.13. The first-order chi connectivity index (χ1) is 12.6. The van der Waals surface area contributed by atoms with E-state index in [2.05, 4.69) is 26.2 Å². The molecule has 1 amide bonds. The van der Waals surface area contributed by atoms with E-state index in [1.54, 1.807) is 37.4 Å². The van der Waals surface area contributed by atoms with Crippen molar-refractivity contribution in [3.63, 3.8) is 0 Å². The number of nitrogens with zero attached hydrogens (tertiary/aromatic N) is 1. The molecule has 7 heteroatoms. The minimum absolute atomic E-state index is 0.216. The van der Waals surface area contributed by atoms with E-state index in [1.165, 1.54) is 0 Å². The summed E-state index contributed by atoms with van der Waals surface area (Å²) in [6.07, 6.45) is 0. The van der Waals surface area contributed by atoms with E-state index >= 15 is 0 Å². The van der Waals surface area contributed by atoms with Gasteiger partial charge in [-0.05, 0) is 64.5 Å². The number of hydrogen-bond donors (Lipinski definition) is 1. The number of halogens is 1. The number of oxazole rings is 1. The number of nitrogens with one attached hydrogen (secondary N) is 1. The van der Waals surface area contributed by atoms with Gasteiger partial charge in [-0.25, -0.2) is 4.98 Å². The Morgan fingerprint density at radius 1 is 1.08 bits per heavy atom. The normalized spacial score (nSPS) is 10.8. The van der Waals surface area contributed by atoms with Crippen molar-refractivity contribution in [2.45, 2.75) is 0 Å². The van der Waals surface area contributed by atoms with Crippen LogP contribution in [0, 0.1) is 0 Å². The lowest BCUT2D eigenvalue weighted by Gasteiger charge is -2.02. The van der Waals surface area contributed by atoms with Crippen molar-refractivity contribution >= 4 is 38.6 Å². The number of rotatable bonds is 4. The third-order valence-corrected chi connectivity index (χ3v) is 4.21. The quantitative estimate of drug-likeness (QED) is 0.503. The molecule has 0 fully saturated rings. The molecule has 0 aliphatic rings. The Hall–Kier alpha value is -3.06. The van der Waals surface area contributed by atoms with E-state index in [0.29, 0.717) is 27.3 Å². The number of ether oxygens (including phenoxy) is 1. The maximum atomic E-state index is 12.2. The third-order valence-electron chi connectivity index (χ3n) is 3.78. The Kier molecular flexibility index (Phi) is 4.22. The molecule has 2 aromatic heterocycles. The first-order valence-corrected chi connectivity index (χ1v) is 8.53. The molecule has 0 spiro atoms. The summed E-state index contributed by atoms with van der Waals surface area (Å²) in [5.74, 6) is 1.14. The van der Waals surface area contributed by atoms with Crippen molar-refractivity contribution in [1.82, 2.24) is 4.98 Å². The number of amides is 1. The summed E-state index contributed by atoms with van der Waals surface area (Å²) in [6.45, 7) is 0. The van der Waals surface area contributed by atoms with Crippen molar-refractivity contribution in [3.05, 3.63) is 65.0 Å². The van der Waals surface area contributed by atoms with Crippen LogP contribution in [0.25, 0.3) is 22.6 Å². The number of fused-ring (bicyclic) bond motifs is 1. The largest absolute Gasteiger partial charge is 0.497 e. The van der Waals surface area contributed by atoms with Gasteiger partial charge in [-0.2, -0.15) is 0 Å². The lowest BCUT2D eigenvalue weighted by Crippen LogP contribution is -2.10. The van der Waals surface area contributed by atoms with E-state index in [0.717, 1.165) is 11.3 Å². The van der Waals surface area contributed by atoms with Crippen LogP contribution in [0.15, 0.2) is 68.1 Å². The summed E-state index contributed by atoms with van der Waals surface area (Å²) in [7, 11) is 1.62. The molecule has 4 aromatic rings. The first-order valence-electron chi connectivity index (χ1n) is 7.74. The van der Waals surface area contributed by atoms with Crippen LogP contribution in [0.2, 0.25) is 0 Å². The van der Waals surface area contributed by atoms with Gasteiger partial charge >= 0.3 is 0 Å². The molecule has 0 aliphatic heterocycles. The highest BCUT2D eigenvalue weighted by Crippen LogP contribution is 2.27. The maximum absolute atomic E-state index is 12.2. The van der Waals surface area contributed by atoms with Gasteiger partial charge in [0, 0.05) is 17.3 Å². The predicted octanol–water partition coefficient (Wildman–Crippen LogP) is 5.11. The van der Waals surface area contributed by atoms with E-state index < -0.39 is 0 Å². The van der Waals surface area contributed by atoms with Crippen molar-refractivity contribution in [3.8, 4) is 17.2 Å². The number of benzene rings is 2. The van der Waals surface area contributed by atoms with Crippen LogP contribution in [0.1, 0.15) is 10.6 Å². The monoisotopic (exact) mass is 412 g/mol. The highest BCUT2D eigenvalue weighted by molar-refractivity contribution is 9.10. The summed E-state index contributed by atoms with van der Waals surface area (Å²) >= 11 is 3.17. The van der Waals surface area contributed by atoms with Gasteiger partial charge in [-0.3, -0.25) is 4.79 Å². The third kappa shape index (κ3) is 3.21. The number of hydrogen-bond acceptors (Lipinski definition) is 5. The molecular weight excluding hydrogens is 400 g/mol. The molecule has 1 N–H and O–H groups in total. The summed E-state index contributed by atoms with van der Waals surface area (Å²) in [5.41, 5.74) is 2.71. The molecule has 0 atom stereocenters. The second kappa shape index (κ2) is 6.68. The molecule has 0 saturated heterocycles. The second-order valence-corrected chi connectivity index (χ2v) is 6.27. The summed E-state index contributed by atoms with van der Waals surface area (Å²) in [5, 5.41) is 2.77. The molecule has 2 aromatic carbocycles. The van der Waals surface area contributed by atoms with Crippen molar-refractivity contribution in [2.24, 2.45) is 0 Å². The highest BCUT2D eigenvalue weighted by atomic mass is 79.9. The molecule has 4 rings (SSSR count). The minimum Gasteiger partial charge on any atom is -0.497 e. The number of carbonyl (C=O) groups is 1. The van der Waals surface area contributed by atoms with Crippen LogP contribution in [-0.2, 0) is 0 Å². The Bertz CT molecular complexity index is 1080. The van der Waals surface area contributed by atoms with Gasteiger partial charge in [0.15, 0.2) is 16.0 Å². The first kappa shape index (κ1) is 16.4. The van der Waals surface area contributed by atoms with Crippen LogP contribution in [-0.4, -0.2) is 18.0 Å². The molecular formula is C19H13BrN2O4. The van der Waals surface area contributed by atoms with Gasteiger partial charge in [0.25, 0.3) is 5.91 Å². The lowest BCUT2D eigenvalue weighted by atomic mass is 10.2. The Morgan fingerprint density at radius 3 is 2.58 bits per heavy atom. The molecule has 0 unspecified atom stereocenters. The maximum Gasteiger partial charge on any atom is 0.291 e. The summed E-state index contributed by atoms with van der Waals surface area (Å²) < 4.78 is 16.7. The number of anilines is 1. The van der Waals surface area contributed by atoms with Crippen molar-refractivity contribution < 1.29 is 18.4 Å². The van der Waals surface area contributed by atoms with Gasteiger partial charge in [-0.1, -0.05) is 0 Å². The standard InChI is InChI=1S/C19H13BrN2O4/c1-24-13-5-2-11(3-6-13)19-22-14-7-4-12(10-16(14)26-19)21-18(23)15-8-9-17(20)25-15/h2-10H,1H3,(H,21,23). The number of aromatic nitrogens is 1. The zero-order valence-electron chi connectivity index (χ0n) is 13.7. The van der Waals surface area contributed by atoms with E-state index in [-0.39, 0.29) is 11.7 Å². The SMILES string of the molecule is COc1ccc(-c2nc3ccc(NC(=O)c4ccc(Br)o4)cc3o2)cc1. The molecule has 26 heavy (non-hydrogen) atoms. The summed E-state index contributed by atoms with van der Waals surface area (Å²) in [4.78, 5) is 16.6. The molecule has 0 radical (unpaired) electrons. The Morgan fingerprint density at radius 2 is 1.88 bits per heavy atom. The topological polar surface area (TPSA) is 77.5 Å². The predicted molar refractivity (Wildman–Crippen MR) is 100 cm³/mol. The van der Waals surface area contributed by atoms with Crippen LogP contribution >= 0.6 is 15.9 Å². The smallest absolute Gasteiger partial charge is 0.291 e. The van der Waals surface area contributed by atoms with Crippen LogP contribution in [0.5, 0.6) is 5.75 Å². The van der Waals surface area contributed by atoms with Gasteiger partial charge in [0.1, 0.15) is 11.3 Å². The zero-order chi connectivity index (χ0) is 18.1. The van der Waals surface area contributed by atoms with Gasteiger partial charge in [-0.15, -0.1) is 0 Å². The average Bonchev–Trinajstić information content (AvgIpc) is 3.27. The van der Waals surface area contributed by atoms with E-state index in [4.69, 9.17) is 13.6 Å². The zero-order valence-corrected chi connectivity index (χ0v) is 15.2. The lowest BCUT2D eigenvalue weighted by molar-refractivity contribution is 0.0995. The number of methoxy groups -OCH3 is 1. The molecule has 6 nitrogen and oxygen atoms in total. The molecule has 130 valence electrons. The molecule has 0 aliphatic carbocycles. The van der Waals surface area contributed by atoms with Gasteiger partial charge in [0.05, 0.1) is 7.11 Å². The van der Waals surface area contributed by atoms with E-state index in [1.807, 2.05) is 24.3 Å². The number of furan rings is 1. The number of carbonyl (C=O) groups excluding carboxylic acids is 1. The second-order valence-electron chi connectivity index (χ2n) is 5.49.